The summed E-state index contributed by atoms with van der Waals surface area (Å²) in [7, 11) is 1.67. The Morgan fingerprint density at radius 3 is 2.80 bits per heavy atom. The molecule has 0 aromatic carbocycles. The molecule has 0 bridgehead atoms. The zero-order valence-corrected chi connectivity index (χ0v) is 15.4. The summed E-state index contributed by atoms with van der Waals surface area (Å²) in [6.45, 7) is 1.95. The molecule has 0 unspecified atom stereocenters. The second kappa shape index (κ2) is 6.96. The summed E-state index contributed by atoms with van der Waals surface area (Å²) in [5.41, 5.74) is -0.939. The number of aromatic nitrogens is 2. The van der Waals surface area contributed by atoms with Gasteiger partial charge in [-0.15, -0.1) is 11.3 Å². The van der Waals surface area contributed by atoms with Crippen LogP contribution >= 0.6 is 11.3 Å². The third-order valence-corrected chi connectivity index (χ3v) is 6.32. The smallest absolute Gasteiger partial charge is 0.262 e. The second-order valence-corrected chi connectivity index (χ2v) is 7.73. The Kier molecular flexibility index (Phi) is 4.91. The lowest BCUT2D eigenvalue weighted by molar-refractivity contribution is -0.135. The standard InChI is InChI=1S/C18H22N4O2S/c1-3-13-9-14-16(25-13)20-12-22(17(14)24)10-15(23)21(2)18(11-19)7-5-4-6-8-18/h9,12H,3-8,10H2,1-2H3. The van der Waals surface area contributed by atoms with Crippen LogP contribution in [0, 0.1) is 11.3 Å². The Morgan fingerprint density at radius 1 is 1.44 bits per heavy atom. The maximum atomic E-state index is 12.7. The third kappa shape index (κ3) is 3.19. The fraction of sp³-hybridized carbons (Fsp3) is 0.556. The van der Waals surface area contributed by atoms with Crippen molar-refractivity contribution in [2.24, 2.45) is 0 Å². The Morgan fingerprint density at radius 2 is 2.16 bits per heavy atom. The summed E-state index contributed by atoms with van der Waals surface area (Å²) in [5.74, 6) is -0.224. The van der Waals surface area contributed by atoms with E-state index in [2.05, 4.69) is 11.1 Å². The van der Waals surface area contributed by atoms with Gasteiger partial charge in [0.05, 0.1) is 17.8 Å². The first kappa shape index (κ1) is 17.6. The predicted molar refractivity (Wildman–Crippen MR) is 97.5 cm³/mol. The lowest BCUT2D eigenvalue weighted by atomic mass is 9.81. The molecule has 6 nitrogen and oxygen atoms in total. The van der Waals surface area contributed by atoms with E-state index in [4.69, 9.17) is 0 Å². The van der Waals surface area contributed by atoms with Crippen LogP contribution in [-0.2, 0) is 17.8 Å². The van der Waals surface area contributed by atoms with Gasteiger partial charge < -0.3 is 4.90 Å². The SMILES string of the molecule is CCc1cc2c(=O)n(CC(=O)N(C)C3(C#N)CCCCC3)cnc2s1. The number of hydrogen-bond acceptors (Lipinski definition) is 5. The largest absolute Gasteiger partial charge is 0.325 e. The van der Waals surface area contributed by atoms with Gasteiger partial charge >= 0.3 is 0 Å². The average Bonchev–Trinajstić information content (AvgIpc) is 3.08. The molecule has 1 aliphatic rings. The molecule has 1 aliphatic carbocycles. The maximum Gasteiger partial charge on any atom is 0.262 e. The number of carbonyl (C=O) groups excluding carboxylic acids is 1. The second-order valence-electron chi connectivity index (χ2n) is 6.62. The van der Waals surface area contributed by atoms with Gasteiger partial charge in [-0.1, -0.05) is 26.2 Å². The molecule has 1 fully saturated rings. The summed E-state index contributed by atoms with van der Waals surface area (Å²) in [6.07, 6.45) is 6.69. The topological polar surface area (TPSA) is 79.0 Å². The van der Waals surface area contributed by atoms with Crippen LogP contribution in [0.2, 0.25) is 0 Å². The molecule has 0 N–H and O–H groups in total. The molecule has 0 aliphatic heterocycles. The van der Waals surface area contributed by atoms with Crippen LogP contribution in [0.25, 0.3) is 10.2 Å². The van der Waals surface area contributed by atoms with E-state index in [1.165, 1.54) is 27.1 Å². The van der Waals surface area contributed by atoms with Crippen LogP contribution in [0.4, 0.5) is 0 Å². The van der Waals surface area contributed by atoms with E-state index in [-0.39, 0.29) is 18.0 Å². The minimum Gasteiger partial charge on any atom is -0.325 e. The van der Waals surface area contributed by atoms with Gasteiger partial charge in [0.1, 0.15) is 16.9 Å². The molecule has 1 saturated carbocycles. The predicted octanol–water partition coefficient (Wildman–Crippen LogP) is 2.71. The molecule has 2 aromatic rings. The van der Waals surface area contributed by atoms with E-state index in [9.17, 15) is 14.9 Å². The van der Waals surface area contributed by atoms with Crippen molar-refractivity contribution in [1.82, 2.24) is 14.5 Å². The fourth-order valence-electron chi connectivity index (χ4n) is 3.45. The van der Waals surface area contributed by atoms with E-state index in [1.54, 1.807) is 7.05 Å². The number of amides is 1. The summed E-state index contributed by atoms with van der Waals surface area (Å²) < 4.78 is 1.35. The molecule has 1 amide bonds. The highest BCUT2D eigenvalue weighted by Gasteiger charge is 2.38. The van der Waals surface area contributed by atoms with Crippen molar-refractivity contribution in [1.29, 1.82) is 5.26 Å². The van der Waals surface area contributed by atoms with Crippen molar-refractivity contribution < 1.29 is 4.79 Å². The maximum absolute atomic E-state index is 12.7. The van der Waals surface area contributed by atoms with Gasteiger partial charge in [0.25, 0.3) is 5.56 Å². The summed E-state index contributed by atoms with van der Waals surface area (Å²) >= 11 is 1.51. The number of carbonyl (C=O) groups is 1. The van der Waals surface area contributed by atoms with E-state index in [0.717, 1.165) is 30.6 Å². The quantitative estimate of drug-likeness (QED) is 0.842. The van der Waals surface area contributed by atoms with Gasteiger partial charge in [-0.25, -0.2) is 4.98 Å². The molecule has 3 rings (SSSR count). The van der Waals surface area contributed by atoms with Gasteiger partial charge in [0, 0.05) is 11.9 Å². The van der Waals surface area contributed by atoms with Crippen molar-refractivity contribution in [3.63, 3.8) is 0 Å². The molecular weight excluding hydrogens is 336 g/mol. The summed E-state index contributed by atoms with van der Waals surface area (Å²) in [5, 5.41) is 10.2. The Balaban J connectivity index is 1.85. The molecule has 0 radical (unpaired) electrons. The van der Waals surface area contributed by atoms with Crippen molar-refractivity contribution >= 4 is 27.5 Å². The monoisotopic (exact) mass is 358 g/mol. The Bertz CT molecular complexity index is 887. The lowest BCUT2D eigenvalue weighted by Crippen LogP contribution is -2.51. The number of thiophene rings is 1. The highest BCUT2D eigenvalue weighted by Crippen LogP contribution is 2.32. The number of nitrogens with zero attached hydrogens (tertiary/aromatic N) is 4. The summed E-state index contributed by atoms with van der Waals surface area (Å²) in [6, 6.07) is 4.20. The number of aryl methyl sites for hydroxylation is 1. The van der Waals surface area contributed by atoms with Crippen molar-refractivity contribution in [3.05, 3.63) is 27.6 Å². The molecule has 0 saturated heterocycles. The number of likely N-dealkylation sites (N-methyl/N-ethyl adjacent to an activating group) is 1. The molecule has 0 atom stereocenters. The van der Waals surface area contributed by atoms with Crippen LogP contribution in [-0.4, -0.2) is 32.9 Å². The van der Waals surface area contributed by atoms with Gasteiger partial charge in [0.15, 0.2) is 0 Å². The highest BCUT2D eigenvalue weighted by atomic mass is 32.1. The molecule has 2 heterocycles. The first-order valence-corrected chi connectivity index (χ1v) is 9.48. The van der Waals surface area contributed by atoms with Crippen LogP contribution < -0.4 is 5.56 Å². The van der Waals surface area contributed by atoms with E-state index < -0.39 is 5.54 Å². The number of hydrogen-bond donors (Lipinski definition) is 0. The Hall–Kier alpha value is -2.20. The highest BCUT2D eigenvalue weighted by molar-refractivity contribution is 7.18. The number of fused-ring (bicyclic) bond motifs is 1. The van der Waals surface area contributed by atoms with E-state index >= 15 is 0 Å². The average molecular weight is 358 g/mol. The number of rotatable bonds is 4. The number of nitriles is 1. The molecular formula is C18H22N4O2S. The molecule has 25 heavy (non-hydrogen) atoms. The molecule has 7 heteroatoms. The minimum atomic E-state index is -0.742. The van der Waals surface area contributed by atoms with Gasteiger partial charge in [0.2, 0.25) is 5.91 Å². The van der Waals surface area contributed by atoms with Crippen LogP contribution in [0.3, 0.4) is 0 Å². The fourth-order valence-corrected chi connectivity index (χ4v) is 4.37. The normalized spacial score (nSPS) is 16.5. The lowest BCUT2D eigenvalue weighted by Gasteiger charge is -2.39. The molecule has 132 valence electrons. The minimum absolute atomic E-state index is 0.0843. The van der Waals surface area contributed by atoms with Crippen LogP contribution in [0.5, 0.6) is 0 Å². The van der Waals surface area contributed by atoms with Crippen LogP contribution in [0.1, 0.15) is 43.9 Å². The first-order chi connectivity index (χ1) is 12.0. The third-order valence-electron chi connectivity index (χ3n) is 5.13. The van der Waals surface area contributed by atoms with E-state index in [0.29, 0.717) is 23.1 Å². The van der Waals surface area contributed by atoms with E-state index in [1.807, 2.05) is 13.0 Å². The summed E-state index contributed by atoms with van der Waals surface area (Å²) in [4.78, 5) is 33.0. The van der Waals surface area contributed by atoms with Crippen molar-refractivity contribution in [3.8, 4) is 6.07 Å². The zero-order chi connectivity index (χ0) is 18.0. The molecule has 2 aromatic heterocycles. The Labute approximate surface area is 150 Å². The zero-order valence-electron chi connectivity index (χ0n) is 14.6. The first-order valence-electron chi connectivity index (χ1n) is 8.66. The van der Waals surface area contributed by atoms with Crippen molar-refractivity contribution in [2.75, 3.05) is 7.05 Å². The van der Waals surface area contributed by atoms with Crippen LogP contribution in [0.15, 0.2) is 17.2 Å². The van der Waals surface area contributed by atoms with Crippen molar-refractivity contribution in [2.45, 2.75) is 57.5 Å². The van der Waals surface area contributed by atoms with Gasteiger partial charge in [-0.05, 0) is 25.3 Å². The van der Waals surface area contributed by atoms with Gasteiger partial charge in [-0.2, -0.15) is 5.26 Å². The van der Waals surface area contributed by atoms with Gasteiger partial charge in [-0.3, -0.25) is 14.2 Å². The molecule has 0 spiro atoms.